The third kappa shape index (κ3) is 7.55. The topological polar surface area (TPSA) is 164 Å². The van der Waals surface area contributed by atoms with Crippen molar-refractivity contribution in [2.45, 2.75) is 32.8 Å². The van der Waals surface area contributed by atoms with Crippen LogP contribution in [-0.4, -0.2) is 73.6 Å². The van der Waals surface area contributed by atoms with Gasteiger partial charge in [0.25, 0.3) is 5.88 Å². The first-order valence-electron chi connectivity index (χ1n) is 13.1. The van der Waals surface area contributed by atoms with Gasteiger partial charge in [0.1, 0.15) is 28.6 Å². The van der Waals surface area contributed by atoms with Crippen molar-refractivity contribution >= 4 is 44.5 Å². The number of fused-ring (bicyclic) bond motifs is 2. The van der Waals surface area contributed by atoms with Gasteiger partial charge in [0.05, 0.1) is 54.6 Å². The lowest BCUT2D eigenvalue weighted by Gasteiger charge is -2.16. The van der Waals surface area contributed by atoms with Gasteiger partial charge >= 0.3 is 12.1 Å². The molecular formula is C28H28FN7O6S. The summed E-state index contributed by atoms with van der Waals surface area (Å²) in [7, 11) is 1.52. The highest BCUT2D eigenvalue weighted by Gasteiger charge is 2.17. The van der Waals surface area contributed by atoms with E-state index in [1.54, 1.807) is 13.8 Å². The summed E-state index contributed by atoms with van der Waals surface area (Å²) in [6.45, 7) is 5.21. The van der Waals surface area contributed by atoms with Crippen LogP contribution in [-0.2, 0) is 4.74 Å². The molecule has 0 fully saturated rings. The number of nitrogens with zero attached hydrogens (tertiary/aromatic N) is 6. The van der Waals surface area contributed by atoms with Crippen LogP contribution in [0.2, 0.25) is 0 Å². The van der Waals surface area contributed by atoms with Crippen molar-refractivity contribution in [2.75, 3.05) is 32.2 Å². The molecule has 2 N–H and O–H groups in total. The number of thiazole rings is 1. The summed E-state index contributed by atoms with van der Waals surface area (Å²) in [6, 6.07) is 5.19. The maximum atomic E-state index is 14.8. The van der Waals surface area contributed by atoms with Crippen LogP contribution in [0.4, 0.5) is 14.9 Å². The molecule has 5 rings (SSSR count). The normalized spacial score (nSPS) is 11.5. The Morgan fingerprint density at radius 1 is 1.00 bits per heavy atom. The van der Waals surface area contributed by atoms with Crippen molar-refractivity contribution in [3.05, 3.63) is 48.2 Å². The molecule has 4 aromatic heterocycles. The number of ether oxygens (including phenoxy) is 4. The number of hydrogen-bond donors (Lipinski definition) is 2. The molecule has 0 bridgehead atoms. The fraction of sp³-hybridized carbons (Fsp3) is 0.321. The highest BCUT2D eigenvalue weighted by Crippen LogP contribution is 2.35. The second kappa shape index (κ2) is 12.6. The lowest BCUT2D eigenvalue weighted by Crippen LogP contribution is -2.22. The number of halogens is 1. The maximum absolute atomic E-state index is 14.8. The molecule has 0 unspecified atom stereocenters. The Kier molecular flexibility index (Phi) is 8.73. The van der Waals surface area contributed by atoms with Gasteiger partial charge < -0.3 is 24.1 Å². The van der Waals surface area contributed by atoms with Crippen molar-refractivity contribution in [1.29, 1.82) is 0 Å². The number of carbonyl (C=O) groups is 1. The van der Waals surface area contributed by atoms with E-state index < -0.39 is 17.5 Å². The van der Waals surface area contributed by atoms with Gasteiger partial charge in [-0.1, -0.05) is 11.3 Å². The maximum Gasteiger partial charge on any atom is 0.411 e. The Labute approximate surface area is 249 Å². The number of aliphatic hydroxyl groups is 1. The van der Waals surface area contributed by atoms with Crippen LogP contribution in [0.25, 0.3) is 32.0 Å². The highest BCUT2D eigenvalue weighted by molar-refractivity contribution is 7.21. The van der Waals surface area contributed by atoms with Crippen molar-refractivity contribution < 1.29 is 33.2 Å². The number of pyridine rings is 1. The van der Waals surface area contributed by atoms with Crippen LogP contribution < -0.4 is 19.5 Å². The minimum atomic E-state index is -0.864. The van der Waals surface area contributed by atoms with E-state index in [0.29, 0.717) is 38.7 Å². The summed E-state index contributed by atoms with van der Waals surface area (Å²) in [6.07, 6.45) is 3.86. The summed E-state index contributed by atoms with van der Waals surface area (Å²) in [5.74, 6) is -0.540. The SMILES string of the molecule is COc1cnc2c(-c3nc4cc(F)c(OCCOC(=O)Nc5cnc(OCCC(C)(C)O)nc5)nc4s3)cc(C)cc2n1. The first kappa shape index (κ1) is 29.7. The Hall–Kier alpha value is -4.76. The largest absolute Gasteiger partial charge is 0.480 e. The third-order valence-corrected chi connectivity index (χ3v) is 6.89. The van der Waals surface area contributed by atoms with E-state index in [1.807, 2.05) is 19.1 Å². The molecule has 13 nitrogen and oxygen atoms in total. The molecule has 0 aliphatic heterocycles. The first-order valence-corrected chi connectivity index (χ1v) is 13.9. The number of nitrogens with one attached hydrogen (secondary N) is 1. The fourth-order valence-corrected chi connectivity index (χ4v) is 4.76. The van der Waals surface area contributed by atoms with Crippen molar-refractivity contribution in [2.24, 2.45) is 0 Å². The standard InChI is InChI=1S/C28H28FN7O6S/c1-15-9-17(22-19(10-15)34-21(39-4)14-30-22)24-35-20-11-18(29)23(36-25(20)43-24)40-7-8-42-27(37)33-16-12-31-26(32-13-16)41-6-5-28(2,3)38/h9-14,38H,5-8H2,1-4H3,(H,33,37). The van der Waals surface area contributed by atoms with E-state index in [4.69, 9.17) is 18.9 Å². The van der Waals surface area contributed by atoms with Crippen LogP contribution in [0.5, 0.6) is 17.8 Å². The number of carbonyl (C=O) groups excluding carboxylic acids is 1. The smallest absolute Gasteiger partial charge is 0.411 e. The summed E-state index contributed by atoms with van der Waals surface area (Å²) in [5, 5.41) is 12.8. The number of benzene rings is 1. The second-order valence-corrected chi connectivity index (χ2v) is 11.0. The number of amides is 1. The number of anilines is 1. The lowest BCUT2D eigenvalue weighted by atomic mass is 10.1. The number of methoxy groups -OCH3 is 1. The van der Waals surface area contributed by atoms with Crippen molar-refractivity contribution in [1.82, 2.24) is 29.9 Å². The van der Waals surface area contributed by atoms with Crippen LogP contribution in [0.15, 0.2) is 36.8 Å². The summed E-state index contributed by atoms with van der Waals surface area (Å²) < 4.78 is 35.8. The minimum Gasteiger partial charge on any atom is -0.480 e. The van der Waals surface area contributed by atoms with Crippen molar-refractivity contribution in [3.8, 4) is 28.3 Å². The van der Waals surface area contributed by atoms with Crippen LogP contribution >= 0.6 is 11.3 Å². The zero-order chi connectivity index (χ0) is 30.6. The average Bonchev–Trinajstić information content (AvgIpc) is 3.37. The molecule has 43 heavy (non-hydrogen) atoms. The molecule has 0 saturated heterocycles. The zero-order valence-corrected chi connectivity index (χ0v) is 24.6. The molecule has 1 amide bonds. The summed E-state index contributed by atoms with van der Waals surface area (Å²) >= 11 is 1.26. The summed E-state index contributed by atoms with van der Waals surface area (Å²) in [5.41, 5.74) is 2.77. The molecular weight excluding hydrogens is 581 g/mol. The van der Waals surface area contributed by atoms with Gasteiger partial charge in [0.2, 0.25) is 5.88 Å². The first-order chi connectivity index (χ1) is 20.6. The van der Waals surface area contributed by atoms with Gasteiger partial charge in [0, 0.05) is 18.1 Å². The number of hydrogen-bond acceptors (Lipinski definition) is 13. The van der Waals surface area contributed by atoms with Gasteiger partial charge in [-0.2, -0.15) is 4.98 Å². The molecule has 0 spiro atoms. The van der Waals surface area contributed by atoms with E-state index in [-0.39, 0.29) is 37.4 Å². The van der Waals surface area contributed by atoms with Gasteiger partial charge in [0.15, 0.2) is 5.82 Å². The third-order valence-electron chi connectivity index (χ3n) is 5.89. The van der Waals surface area contributed by atoms with Crippen LogP contribution in [0, 0.1) is 12.7 Å². The van der Waals surface area contributed by atoms with E-state index >= 15 is 0 Å². The number of rotatable bonds is 11. The molecule has 0 aliphatic carbocycles. The van der Waals surface area contributed by atoms with Crippen LogP contribution in [0.1, 0.15) is 25.8 Å². The fourth-order valence-electron chi connectivity index (χ4n) is 3.83. The lowest BCUT2D eigenvalue weighted by molar-refractivity contribution is 0.0539. The number of aromatic nitrogens is 6. The molecule has 0 atom stereocenters. The van der Waals surface area contributed by atoms with Gasteiger partial charge in [-0.25, -0.2) is 34.1 Å². The van der Waals surface area contributed by atoms with E-state index in [2.05, 4.69) is 35.2 Å². The van der Waals surface area contributed by atoms with Crippen molar-refractivity contribution in [3.63, 3.8) is 0 Å². The van der Waals surface area contributed by atoms with Crippen LogP contribution in [0.3, 0.4) is 0 Å². The average molecular weight is 610 g/mol. The molecule has 5 aromatic rings. The second-order valence-electron chi connectivity index (χ2n) is 9.99. The molecule has 1 aromatic carbocycles. The van der Waals surface area contributed by atoms with E-state index in [0.717, 1.165) is 11.1 Å². The molecule has 15 heteroatoms. The Balaban J connectivity index is 1.17. The van der Waals surface area contributed by atoms with E-state index in [1.165, 1.54) is 43.1 Å². The molecule has 0 aliphatic rings. The minimum absolute atomic E-state index is 0.109. The molecule has 224 valence electrons. The van der Waals surface area contributed by atoms with Gasteiger partial charge in [-0.05, 0) is 38.5 Å². The molecule has 0 radical (unpaired) electrons. The molecule has 4 heterocycles. The Morgan fingerprint density at radius 2 is 1.79 bits per heavy atom. The predicted octanol–water partition coefficient (Wildman–Crippen LogP) is 4.71. The summed E-state index contributed by atoms with van der Waals surface area (Å²) in [4.78, 5) is 38.3. The highest BCUT2D eigenvalue weighted by atomic mass is 32.1. The quantitative estimate of drug-likeness (QED) is 0.198. The zero-order valence-electron chi connectivity index (χ0n) is 23.8. The Morgan fingerprint density at radius 3 is 2.53 bits per heavy atom. The van der Waals surface area contributed by atoms with E-state index in [9.17, 15) is 14.3 Å². The predicted molar refractivity (Wildman–Crippen MR) is 156 cm³/mol. The molecule has 0 saturated carbocycles. The van der Waals surface area contributed by atoms with Gasteiger partial charge in [-0.3, -0.25) is 5.32 Å². The monoisotopic (exact) mass is 609 g/mol. The van der Waals surface area contributed by atoms with Gasteiger partial charge in [-0.15, -0.1) is 0 Å². The number of aryl methyl sites for hydroxylation is 1. The Bertz CT molecular complexity index is 1760.